The molecule has 2 N–H and O–H groups in total. The predicted octanol–water partition coefficient (Wildman–Crippen LogP) is 2.85. The summed E-state index contributed by atoms with van der Waals surface area (Å²) in [6, 6.07) is 3.61. The van der Waals surface area contributed by atoms with Crippen LogP contribution < -0.4 is 10.1 Å². The van der Waals surface area contributed by atoms with Gasteiger partial charge in [0.05, 0.1) is 6.54 Å². The van der Waals surface area contributed by atoms with E-state index >= 15 is 0 Å². The Morgan fingerprint density at radius 3 is 2.52 bits per heavy atom. The van der Waals surface area contributed by atoms with Gasteiger partial charge in [0.15, 0.2) is 0 Å². The molecule has 1 atom stereocenters. The third-order valence-electron chi connectivity index (χ3n) is 6.06. The van der Waals surface area contributed by atoms with Gasteiger partial charge in [0.2, 0.25) is 0 Å². The highest BCUT2D eigenvalue weighted by atomic mass is 16.5. The molecular weight excluding hydrogens is 344 g/mol. The molecule has 1 saturated carbocycles. The Bertz CT molecular complexity index is 738. The van der Waals surface area contributed by atoms with E-state index in [0.717, 1.165) is 40.2 Å². The molecule has 1 heterocycles. The van der Waals surface area contributed by atoms with Gasteiger partial charge in [0.25, 0.3) is 5.91 Å². The maximum Gasteiger partial charge on any atom is 0.325 e. The van der Waals surface area contributed by atoms with E-state index in [4.69, 9.17) is 4.74 Å². The molecule has 3 amide bonds. The van der Waals surface area contributed by atoms with Crippen molar-refractivity contribution in [2.45, 2.75) is 65.0 Å². The van der Waals surface area contributed by atoms with Crippen LogP contribution in [0.4, 0.5) is 4.79 Å². The number of amides is 3. The number of hydrogen-bond donors (Lipinski definition) is 2. The van der Waals surface area contributed by atoms with Crippen molar-refractivity contribution < 1.29 is 19.4 Å². The van der Waals surface area contributed by atoms with Gasteiger partial charge < -0.3 is 15.2 Å². The number of urea groups is 1. The molecule has 148 valence electrons. The van der Waals surface area contributed by atoms with Crippen molar-refractivity contribution in [1.82, 2.24) is 10.2 Å². The van der Waals surface area contributed by atoms with E-state index in [1.165, 1.54) is 0 Å². The maximum absolute atomic E-state index is 12.9. The molecule has 1 saturated heterocycles. The standard InChI is InChI=1S/C21H30N2O4/c1-13-7-9-21(10-8-13)19(25)23(20(26)22-21)11-17(24)12-27-18-15(3)6-5-14(2)16(18)4/h5-6,13,17,24H,7-12H2,1-4H3,(H,22,26)/t13?,17-,21?/m0/s1. The highest BCUT2D eigenvalue weighted by molar-refractivity contribution is 6.07. The van der Waals surface area contributed by atoms with Crippen molar-refractivity contribution >= 4 is 11.9 Å². The molecule has 27 heavy (non-hydrogen) atoms. The highest BCUT2D eigenvalue weighted by Gasteiger charge is 2.52. The quantitative estimate of drug-likeness (QED) is 0.777. The average molecular weight is 374 g/mol. The summed E-state index contributed by atoms with van der Waals surface area (Å²) in [5.74, 6) is 1.12. The van der Waals surface area contributed by atoms with Crippen molar-refractivity contribution in [2.24, 2.45) is 5.92 Å². The summed E-state index contributed by atoms with van der Waals surface area (Å²) < 4.78 is 5.82. The number of aliphatic hydroxyl groups excluding tert-OH is 1. The largest absolute Gasteiger partial charge is 0.490 e. The van der Waals surface area contributed by atoms with E-state index < -0.39 is 17.7 Å². The van der Waals surface area contributed by atoms with E-state index in [-0.39, 0.29) is 19.1 Å². The molecule has 1 spiro atoms. The third kappa shape index (κ3) is 3.81. The number of nitrogens with zero attached hydrogens (tertiary/aromatic N) is 1. The predicted molar refractivity (Wildman–Crippen MR) is 103 cm³/mol. The van der Waals surface area contributed by atoms with Crippen molar-refractivity contribution in [3.63, 3.8) is 0 Å². The first-order valence-electron chi connectivity index (χ1n) is 9.75. The number of aliphatic hydroxyl groups is 1. The maximum atomic E-state index is 12.9. The average Bonchev–Trinajstić information content (AvgIpc) is 2.85. The van der Waals surface area contributed by atoms with E-state index in [0.29, 0.717) is 18.8 Å². The highest BCUT2D eigenvalue weighted by Crippen LogP contribution is 2.36. The van der Waals surface area contributed by atoms with Crippen LogP contribution in [0.5, 0.6) is 5.75 Å². The van der Waals surface area contributed by atoms with Gasteiger partial charge in [-0.25, -0.2) is 4.79 Å². The summed E-state index contributed by atoms with van der Waals surface area (Å²) in [4.78, 5) is 26.3. The fraction of sp³-hybridized carbons (Fsp3) is 0.619. The summed E-state index contributed by atoms with van der Waals surface area (Å²) >= 11 is 0. The van der Waals surface area contributed by atoms with Gasteiger partial charge in [0.1, 0.15) is 24.0 Å². The van der Waals surface area contributed by atoms with Gasteiger partial charge >= 0.3 is 6.03 Å². The van der Waals surface area contributed by atoms with Crippen LogP contribution in [-0.4, -0.2) is 46.7 Å². The number of imide groups is 1. The molecular formula is C21H30N2O4. The summed E-state index contributed by atoms with van der Waals surface area (Å²) in [6.07, 6.45) is 2.26. The van der Waals surface area contributed by atoms with Crippen LogP contribution in [0.2, 0.25) is 0 Å². The summed E-state index contributed by atoms with van der Waals surface area (Å²) in [5.41, 5.74) is 2.38. The Kier molecular flexibility index (Phi) is 5.47. The number of carbonyl (C=O) groups excluding carboxylic acids is 2. The SMILES string of the molecule is Cc1ccc(C)c(OC[C@@H](O)CN2C(=O)NC3(CCC(C)CC3)C2=O)c1C. The number of nitrogens with one attached hydrogen (secondary N) is 1. The lowest BCUT2D eigenvalue weighted by Gasteiger charge is -2.33. The van der Waals surface area contributed by atoms with Crippen LogP contribution in [0, 0.1) is 26.7 Å². The molecule has 2 aliphatic rings. The fourth-order valence-corrected chi connectivity index (χ4v) is 4.03. The first-order valence-corrected chi connectivity index (χ1v) is 9.75. The molecule has 2 fully saturated rings. The molecule has 6 heteroatoms. The van der Waals surface area contributed by atoms with Crippen LogP contribution in [0.3, 0.4) is 0 Å². The van der Waals surface area contributed by atoms with Gasteiger partial charge in [-0.3, -0.25) is 9.69 Å². The molecule has 1 aliphatic carbocycles. The normalized spacial score (nSPS) is 26.4. The van der Waals surface area contributed by atoms with Crippen molar-refractivity contribution in [1.29, 1.82) is 0 Å². The zero-order valence-electron chi connectivity index (χ0n) is 16.7. The van der Waals surface area contributed by atoms with Gasteiger partial charge in [0, 0.05) is 0 Å². The molecule has 6 nitrogen and oxygen atoms in total. The first-order chi connectivity index (χ1) is 12.7. The van der Waals surface area contributed by atoms with Crippen LogP contribution in [0.25, 0.3) is 0 Å². The molecule has 0 bridgehead atoms. The second-order valence-corrected chi connectivity index (χ2v) is 8.23. The monoisotopic (exact) mass is 374 g/mol. The van der Waals surface area contributed by atoms with Gasteiger partial charge in [-0.15, -0.1) is 0 Å². The molecule has 1 aromatic carbocycles. The Morgan fingerprint density at radius 2 is 1.85 bits per heavy atom. The lowest BCUT2D eigenvalue weighted by atomic mass is 9.77. The van der Waals surface area contributed by atoms with Crippen molar-refractivity contribution in [3.05, 3.63) is 28.8 Å². The van der Waals surface area contributed by atoms with E-state index in [9.17, 15) is 14.7 Å². The number of rotatable bonds is 5. The Labute approximate surface area is 160 Å². The third-order valence-corrected chi connectivity index (χ3v) is 6.06. The van der Waals surface area contributed by atoms with E-state index in [1.54, 1.807) is 0 Å². The topological polar surface area (TPSA) is 78.9 Å². The molecule has 1 aliphatic heterocycles. The second kappa shape index (κ2) is 7.50. The van der Waals surface area contributed by atoms with Crippen molar-refractivity contribution in [3.8, 4) is 5.75 Å². The molecule has 0 unspecified atom stereocenters. The smallest absolute Gasteiger partial charge is 0.325 e. The molecule has 1 aromatic rings. The fourth-order valence-electron chi connectivity index (χ4n) is 4.03. The molecule has 3 rings (SSSR count). The Morgan fingerprint density at radius 1 is 1.22 bits per heavy atom. The number of ether oxygens (including phenoxy) is 1. The summed E-state index contributed by atoms with van der Waals surface area (Å²) in [5, 5.41) is 13.3. The van der Waals surface area contributed by atoms with Crippen LogP contribution in [0.15, 0.2) is 12.1 Å². The van der Waals surface area contributed by atoms with Gasteiger partial charge in [-0.05, 0) is 69.1 Å². The minimum Gasteiger partial charge on any atom is -0.490 e. The zero-order valence-corrected chi connectivity index (χ0v) is 16.7. The van der Waals surface area contributed by atoms with Crippen LogP contribution in [0.1, 0.15) is 49.3 Å². The first kappa shape index (κ1) is 19.7. The molecule has 0 aromatic heterocycles. The summed E-state index contributed by atoms with van der Waals surface area (Å²) in [6.45, 7) is 8.10. The van der Waals surface area contributed by atoms with Gasteiger partial charge in [-0.1, -0.05) is 19.1 Å². The number of aryl methyl sites for hydroxylation is 2. The lowest BCUT2D eigenvalue weighted by molar-refractivity contribution is -0.133. The minimum atomic E-state index is -0.934. The van der Waals surface area contributed by atoms with Crippen molar-refractivity contribution in [2.75, 3.05) is 13.2 Å². The number of hydrogen-bond acceptors (Lipinski definition) is 4. The van der Waals surface area contributed by atoms with E-state index in [1.807, 2.05) is 32.9 Å². The summed E-state index contributed by atoms with van der Waals surface area (Å²) in [7, 11) is 0. The van der Waals surface area contributed by atoms with Crippen LogP contribution >= 0.6 is 0 Å². The van der Waals surface area contributed by atoms with Crippen LogP contribution in [-0.2, 0) is 4.79 Å². The Balaban J connectivity index is 1.61. The van der Waals surface area contributed by atoms with Gasteiger partial charge in [-0.2, -0.15) is 0 Å². The number of benzene rings is 1. The second-order valence-electron chi connectivity index (χ2n) is 8.23. The number of carbonyl (C=O) groups is 2. The van der Waals surface area contributed by atoms with E-state index in [2.05, 4.69) is 12.2 Å². The molecule has 0 radical (unpaired) electrons. The zero-order chi connectivity index (χ0) is 19.8. The number of β-amino-alcohol motifs (C(OH)–C–C–N with tert-alkyl or cyclic N) is 1. The Hall–Kier alpha value is -2.08. The lowest BCUT2D eigenvalue weighted by Crippen LogP contribution is -2.49. The minimum absolute atomic E-state index is 0.0340.